The summed E-state index contributed by atoms with van der Waals surface area (Å²) in [5, 5.41) is 0. The van der Waals surface area contributed by atoms with Gasteiger partial charge in [0.25, 0.3) is 0 Å². The quantitative estimate of drug-likeness (QED) is 0.686. The highest BCUT2D eigenvalue weighted by Gasteiger charge is 2.43. The van der Waals surface area contributed by atoms with Gasteiger partial charge in [-0.1, -0.05) is 20.3 Å². The lowest BCUT2D eigenvalue weighted by atomic mass is 9.59. The van der Waals surface area contributed by atoms with Gasteiger partial charge in [0.1, 0.15) is 0 Å². The Morgan fingerprint density at radius 3 is 2.59 bits per heavy atom. The fourth-order valence-corrected chi connectivity index (χ4v) is 4.03. The molecule has 0 radical (unpaired) electrons. The smallest absolute Gasteiger partial charge is 0.309 e. The van der Waals surface area contributed by atoms with Crippen molar-refractivity contribution >= 4 is 5.97 Å². The summed E-state index contributed by atoms with van der Waals surface area (Å²) in [6, 6.07) is 0. The summed E-state index contributed by atoms with van der Waals surface area (Å²) in [6.07, 6.45) is 6.16. The van der Waals surface area contributed by atoms with Crippen molar-refractivity contribution in [3.63, 3.8) is 0 Å². The third-order valence-electron chi connectivity index (χ3n) is 4.99. The lowest BCUT2D eigenvalue weighted by Crippen LogP contribution is -2.41. The van der Waals surface area contributed by atoms with Gasteiger partial charge in [-0.3, -0.25) is 4.79 Å². The van der Waals surface area contributed by atoms with E-state index in [1.807, 2.05) is 6.92 Å². The van der Waals surface area contributed by atoms with Gasteiger partial charge in [-0.2, -0.15) is 0 Å². The maximum Gasteiger partial charge on any atom is 0.309 e. The van der Waals surface area contributed by atoms with Crippen LogP contribution in [0.15, 0.2) is 0 Å². The van der Waals surface area contributed by atoms with Gasteiger partial charge in [0.2, 0.25) is 0 Å². The number of carbonyl (C=O) groups excluding carboxylic acids is 1. The first-order chi connectivity index (χ1) is 8.13. The molecule has 0 aromatic carbocycles. The number of ether oxygens (including phenoxy) is 1. The SMILES string of the molecule is CCOC(=O)[C@@H]1CC[C@@H](C)[C@@H]2CC[C@H](C)C[C@@H]21. The van der Waals surface area contributed by atoms with E-state index in [4.69, 9.17) is 4.74 Å². The molecular weight excluding hydrogens is 212 g/mol. The maximum atomic E-state index is 12.0. The molecule has 0 amide bonds. The van der Waals surface area contributed by atoms with Crippen LogP contribution in [0.25, 0.3) is 0 Å². The fraction of sp³-hybridized carbons (Fsp3) is 0.933. The van der Waals surface area contributed by atoms with Crippen molar-refractivity contribution < 1.29 is 9.53 Å². The number of rotatable bonds is 2. The highest BCUT2D eigenvalue weighted by molar-refractivity contribution is 5.73. The number of hydrogen-bond acceptors (Lipinski definition) is 2. The Balaban J connectivity index is 2.08. The zero-order valence-corrected chi connectivity index (χ0v) is 11.4. The van der Waals surface area contributed by atoms with Gasteiger partial charge < -0.3 is 4.74 Å². The molecule has 2 saturated carbocycles. The average molecular weight is 238 g/mol. The maximum absolute atomic E-state index is 12.0. The van der Waals surface area contributed by atoms with E-state index in [9.17, 15) is 4.79 Å². The Bertz CT molecular complexity index is 274. The fourth-order valence-electron chi connectivity index (χ4n) is 4.03. The van der Waals surface area contributed by atoms with Crippen LogP contribution in [0.5, 0.6) is 0 Å². The molecule has 5 atom stereocenters. The van der Waals surface area contributed by atoms with E-state index in [0.29, 0.717) is 12.5 Å². The normalized spacial score (nSPS) is 41.7. The number of carbonyl (C=O) groups is 1. The summed E-state index contributed by atoms with van der Waals surface area (Å²) in [4.78, 5) is 12.0. The molecule has 2 fully saturated rings. The van der Waals surface area contributed by atoms with Gasteiger partial charge in [-0.15, -0.1) is 0 Å². The summed E-state index contributed by atoms with van der Waals surface area (Å²) in [5.41, 5.74) is 0. The van der Waals surface area contributed by atoms with E-state index >= 15 is 0 Å². The second kappa shape index (κ2) is 5.41. The molecule has 2 heteroatoms. The van der Waals surface area contributed by atoms with Crippen molar-refractivity contribution in [2.24, 2.45) is 29.6 Å². The van der Waals surface area contributed by atoms with E-state index in [1.54, 1.807) is 0 Å². The molecule has 0 spiro atoms. The summed E-state index contributed by atoms with van der Waals surface area (Å²) in [6.45, 7) is 7.13. The summed E-state index contributed by atoms with van der Waals surface area (Å²) < 4.78 is 5.26. The first-order valence-electron chi connectivity index (χ1n) is 7.30. The molecule has 2 nitrogen and oxygen atoms in total. The van der Waals surface area contributed by atoms with Crippen LogP contribution in [0, 0.1) is 29.6 Å². The predicted molar refractivity (Wildman–Crippen MR) is 68.5 cm³/mol. The van der Waals surface area contributed by atoms with E-state index in [1.165, 1.54) is 25.7 Å². The average Bonchev–Trinajstić information content (AvgIpc) is 2.29. The van der Waals surface area contributed by atoms with E-state index in [2.05, 4.69) is 13.8 Å². The van der Waals surface area contributed by atoms with Crippen LogP contribution in [0.3, 0.4) is 0 Å². The van der Waals surface area contributed by atoms with Gasteiger partial charge in [0.15, 0.2) is 0 Å². The lowest BCUT2D eigenvalue weighted by molar-refractivity contribution is -0.154. The van der Waals surface area contributed by atoms with Crippen LogP contribution < -0.4 is 0 Å². The molecule has 0 N–H and O–H groups in total. The molecule has 2 aliphatic rings. The molecule has 0 heterocycles. The lowest BCUT2D eigenvalue weighted by Gasteiger charge is -2.45. The monoisotopic (exact) mass is 238 g/mol. The van der Waals surface area contributed by atoms with Crippen LogP contribution in [-0.2, 0) is 9.53 Å². The first kappa shape index (κ1) is 12.9. The molecule has 0 bridgehead atoms. The van der Waals surface area contributed by atoms with Crippen LogP contribution in [0.4, 0.5) is 0 Å². The standard InChI is InChI=1S/C15H26O2/c1-4-17-15(16)13-8-6-11(3)12-7-5-10(2)9-14(12)13/h10-14H,4-9H2,1-3H3/t10-,11+,12-,13+,14-/m0/s1. The minimum absolute atomic E-state index is 0.0727. The third-order valence-corrected chi connectivity index (χ3v) is 4.99. The molecule has 0 unspecified atom stereocenters. The first-order valence-corrected chi connectivity index (χ1v) is 7.30. The molecule has 2 aliphatic carbocycles. The molecule has 0 aromatic rings. The Morgan fingerprint density at radius 2 is 1.88 bits per heavy atom. The highest BCUT2D eigenvalue weighted by atomic mass is 16.5. The Kier molecular flexibility index (Phi) is 4.11. The van der Waals surface area contributed by atoms with Crippen LogP contribution in [-0.4, -0.2) is 12.6 Å². The van der Waals surface area contributed by atoms with Gasteiger partial charge >= 0.3 is 5.97 Å². The van der Waals surface area contributed by atoms with Crippen molar-refractivity contribution in [2.45, 2.75) is 52.9 Å². The van der Waals surface area contributed by atoms with Gasteiger partial charge in [-0.05, 0) is 56.3 Å². The molecular formula is C15H26O2. The largest absolute Gasteiger partial charge is 0.466 e. The topological polar surface area (TPSA) is 26.3 Å². The van der Waals surface area contributed by atoms with E-state index in [0.717, 1.165) is 24.2 Å². The minimum atomic E-state index is 0.0727. The summed E-state index contributed by atoms with van der Waals surface area (Å²) >= 11 is 0. The Hall–Kier alpha value is -0.530. The molecule has 2 rings (SSSR count). The van der Waals surface area contributed by atoms with Crippen LogP contribution >= 0.6 is 0 Å². The third kappa shape index (κ3) is 2.66. The minimum Gasteiger partial charge on any atom is -0.466 e. The predicted octanol–water partition coefficient (Wildman–Crippen LogP) is 3.65. The van der Waals surface area contributed by atoms with Crippen LogP contribution in [0.2, 0.25) is 0 Å². The van der Waals surface area contributed by atoms with Crippen LogP contribution in [0.1, 0.15) is 52.9 Å². The van der Waals surface area contributed by atoms with E-state index in [-0.39, 0.29) is 11.9 Å². The van der Waals surface area contributed by atoms with Crippen molar-refractivity contribution in [3.05, 3.63) is 0 Å². The number of fused-ring (bicyclic) bond motifs is 1. The highest BCUT2D eigenvalue weighted by Crippen LogP contribution is 2.48. The molecule has 98 valence electrons. The zero-order chi connectivity index (χ0) is 12.4. The Morgan fingerprint density at radius 1 is 1.12 bits per heavy atom. The van der Waals surface area contributed by atoms with E-state index < -0.39 is 0 Å². The van der Waals surface area contributed by atoms with Gasteiger partial charge in [0, 0.05) is 0 Å². The van der Waals surface area contributed by atoms with Crippen molar-refractivity contribution in [1.82, 2.24) is 0 Å². The second-order valence-electron chi connectivity index (χ2n) is 6.16. The molecule has 0 saturated heterocycles. The summed E-state index contributed by atoms with van der Waals surface area (Å²) in [5.74, 6) is 3.23. The van der Waals surface area contributed by atoms with Crippen molar-refractivity contribution in [3.8, 4) is 0 Å². The number of hydrogen-bond donors (Lipinski definition) is 0. The number of esters is 1. The van der Waals surface area contributed by atoms with Crippen molar-refractivity contribution in [2.75, 3.05) is 6.61 Å². The second-order valence-corrected chi connectivity index (χ2v) is 6.16. The summed E-state index contributed by atoms with van der Waals surface area (Å²) in [7, 11) is 0. The zero-order valence-electron chi connectivity index (χ0n) is 11.4. The van der Waals surface area contributed by atoms with Crippen molar-refractivity contribution in [1.29, 1.82) is 0 Å². The Labute approximate surface area is 105 Å². The van der Waals surface area contributed by atoms with Gasteiger partial charge in [-0.25, -0.2) is 0 Å². The molecule has 17 heavy (non-hydrogen) atoms. The molecule has 0 aliphatic heterocycles. The van der Waals surface area contributed by atoms with Gasteiger partial charge in [0.05, 0.1) is 12.5 Å². The molecule has 0 aromatic heterocycles.